The van der Waals surface area contributed by atoms with Crippen LogP contribution in [0.15, 0.2) is 12.3 Å². The number of aryl methyl sites for hydroxylation is 1. The lowest BCUT2D eigenvalue weighted by molar-refractivity contribution is 0.356. The molecular weight excluding hydrogens is 138 g/mol. The van der Waals surface area contributed by atoms with Crippen molar-refractivity contribution >= 4 is 0 Å². The number of rotatable bonds is 1. The number of pyridine rings is 1. The molecule has 0 bridgehead atoms. The molecule has 0 saturated carbocycles. The second-order valence-corrected chi connectivity index (χ2v) is 2.69. The maximum absolute atomic E-state index is 5.40. The Morgan fingerprint density at radius 3 is 3.36 bits per heavy atom. The van der Waals surface area contributed by atoms with E-state index in [1.54, 1.807) is 0 Å². The van der Waals surface area contributed by atoms with Crippen LogP contribution in [0, 0.1) is 0 Å². The molecule has 0 amide bonds. The minimum atomic E-state index is 0.827. The molecule has 2 heterocycles. The number of nitrogens with zero attached hydrogens (tertiary/aromatic N) is 1. The van der Waals surface area contributed by atoms with Gasteiger partial charge in [-0.2, -0.15) is 0 Å². The molecule has 2 rings (SSSR count). The Bertz CT molecular complexity index is 270. The Morgan fingerprint density at radius 2 is 2.55 bits per heavy atom. The molecule has 0 spiro atoms. The molecule has 0 atom stereocenters. The normalized spacial score (nSPS) is 14.3. The van der Waals surface area contributed by atoms with Gasteiger partial charge >= 0.3 is 0 Å². The number of aromatic nitrogens is 1. The fourth-order valence-electron chi connectivity index (χ4n) is 1.49. The van der Waals surface area contributed by atoms with Crippen molar-refractivity contribution in [2.24, 2.45) is 0 Å². The zero-order valence-electron chi connectivity index (χ0n) is 6.63. The Hall–Kier alpha value is -1.05. The van der Waals surface area contributed by atoms with Crippen LogP contribution < -0.4 is 4.74 Å². The molecule has 0 aromatic carbocycles. The van der Waals surface area contributed by atoms with Gasteiger partial charge in [0, 0.05) is 23.9 Å². The third-order valence-corrected chi connectivity index (χ3v) is 2.05. The molecule has 1 aromatic rings. The van der Waals surface area contributed by atoms with E-state index in [-0.39, 0.29) is 0 Å². The van der Waals surface area contributed by atoms with Gasteiger partial charge in [0.15, 0.2) is 0 Å². The summed E-state index contributed by atoms with van der Waals surface area (Å²) in [5.74, 6) is 1.04. The molecule has 0 radical (unpaired) electrons. The first kappa shape index (κ1) is 6.65. The van der Waals surface area contributed by atoms with Gasteiger partial charge in [-0.1, -0.05) is 6.92 Å². The topological polar surface area (TPSA) is 22.1 Å². The summed E-state index contributed by atoms with van der Waals surface area (Å²) in [5, 5.41) is 0. The lowest BCUT2D eigenvalue weighted by Crippen LogP contribution is -1.92. The minimum Gasteiger partial charge on any atom is -0.493 e. The van der Waals surface area contributed by atoms with E-state index in [9.17, 15) is 0 Å². The van der Waals surface area contributed by atoms with Gasteiger partial charge in [0.1, 0.15) is 5.75 Å². The Labute approximate surface area is 66.2 Å². The van der Waals surface area contributed by atoms with Crippen molar-refractivity contribution in [3.8, 4) is 5.75 Å². The number of ether oxygens (including phenoxy) is 1. The lowest BCUT2D eigenvalue weighted by Gasteiger charge is -2.01. The quantitative estimate of drug-likeness (QED) is 0.604. The highest BCUT2D eigenvalue weighted by molar-refractivity contribution is 5.38. The fourth-order valence-corrected chi connectivity index (χ4v) is 1.49. The molecule has 58 valence electrons. The van der Waals surface area contributed by atoms with E-state index in [1.165, 1.54) is 11.3 Å². The van der Waals surface area contributed by atoms with Gasteiger partial charge < -0.3 is 4.74 Å². The Morgan fingerprint density at radius 1 is 1.64 bits per heavy atom. The van der Waals surface area contributed by atoms with Gasteiger partial charge in [-0.05, 0) is 12.5 Å². The fraction of sp³-hybridized carbons (Fsp3) is 0.444. The SMILES string of the molecule is CCc1nccc2c1CCO2. The number of fused-ring (bicyclic) bond motifs is 1. The summed E-state index contributed by atoms with van der Waals surface area (Å²) < 4.78 is 5.40. The van der Waals surface area contributed by atoms with Crippen molar-refractivity contribution in [1.82, 2.24) is 4.98 Å². The monoisotopic (exact) mass is 149 g/mol. The van der Waals surface area contributed by atoms with Crippen molar-refractivity contribution in [3.63, 3.8) is 0 Å². The summed E-state index contributed by atoms with van der Waals surface area (Å²) in [6, 6.07) is 1.95. The van der Waals surface area contributed by atoms with Crippen LogP contribution in [0.2, 0.25) is 0 Å². The van der Waals surface area contributed by atoms with Gasteiger partial charge in [0.05, 0.1) is 6.61 Å². The van der Waals surface area contributed by atoms with Gasteiger partial charge in [0.2, 0.25) is 0 Å². The molecule has 0 N–H and O–H groups in total. The van der Waals surface area contributed by atoms with Crippen LogP contribution in [0.1, 0.15) is 18.2 Å². The van der Waals surface area contributed by atoms with Crippen LogP contribution >= 0.6 is 0 Å². The average Bonchev–Trinajstić information content (AvgIpc) is 2.50. The molecule has 0 unspecified atom stereocenters. The first-order chi connectivity index (χ1) is 5.42. The third kappa shape index (κ3) is 0.985. The van der Waals surface area contributed by atoms with E-state index in [2.05, 4.69) is 11.9 Å². The van der Waals surface area contributed by atoms with Crippen molar-refractivity contribution in [2.75, 3.05) is 6.61 Å². The first-order valence-corrected chi connectivity index (χ1v) is 4.01. The molecule has 1 aliphatic heterocycles. The molecule has 0 saturated heterocycles. The van der Waals surface area contributed by atoms with Crippen LogP contribution in [0.3, 0.4) is 0 Å². The Balaban J connectivity index is 2.50. The molecule has 2 heteroatoms. The molecular formula is C9H11NO. The highest BCUT2D eigenvalue weighted by Crippen LogP contribution is 2.26. The van der Waals surface area contributed by atoms with Gasteiger partial charge in [0.25, 0.3) is 0 Å². The molecule has 2 nitrogen and oxygen atoms in total. The van der Waals surface area contributed by atoms with Crippen molar-refractivity contribution in [3.05, 3.63) is 23.5 Å². The highest BCUT2D eigenvalue weighted by Gasteiger charge is 2.14. The first-order valence-electron chi connectivity index (χ1n) is 4.01. The lowest BCUT2D eigenvalue weighted by atomic mass is 10.1. The largest absolute Gasteiger partial charge is 0.493 e. The predicted octanol–water partition coefficient (Wildman–Crippen LogP) is 1.58. The van der Waals surface area contributed by atoms with E-state index >= 15 is 0 Å². The van der Waals surface area contributed by atoms with E-state index in [0.29, 0.717) is 0 Å². The maximum Gasteiger partial charge on any atom is 0.125 e. The molecule has 0 fully saturated rings. The number of hydrogen-bond acceptors (Lipinski definition) is 2. The zero-order chi connectivity index (χ0) is 7.68. The van der Waals surface area contributed by atoms with Gasteiger partial charge in [-0.15, -0.1) is 0 Å². The summed E-state index contributed by atoms with van der Waals surface area (Å²) in [4.78, 5) is 4.29. The van der Waals surface area contributed by atoms with Crippen LogP contribution in [-0.2, 0) is 12.8 Å². The summed E-state index contributed by atoms with van der Waals surface area (Å²) in [5.41, 5.74) is 2.51. The van der Waals surface area contributed by atoms with E-state index in [1.807, 2.05) is 12.3 Å². The third-order valence-electron chi connectivity index (χ3n) is 2.05. The molecule has 0 aliphatic carbocycles. The smallest absolute Gasteiger partial charge is 0.125 e. The maximum atomic E-state index is 5.40. The van der Waals surface area contributed by atoms with Crippen LogP contribution in [0.5, 0.6) is 5.75 Å². The molecule has 11 heavy (non-hydrogen) atoms. The zero-order valence-corrected chi connectivity index (χ0v) is 6.63. The molecule has 1 aromatic heterocycles. The van der Waals surface area contributed by atoms with E-state index in [4.69, 9.17) is 4.74 Å². The van der Waals surface area contributed by atoms with Crippen molar-refractivity contribution in [2.45, 2.75) is 19.8 Å². The van der Waals surface area contributed by atoms with Gasteiger partial charge in [-0.25, -0.2) is 0 Å². The summed E-state index contributed by atoms with van der Waals surface area (Å²) >= 11 is 0. The van der Waals surface area contributed by atoms with Crippen LogP contribution in [0.4, 0.5) is 0 Å². The number of hydrogen-bond donors (Lipinski definition) is 0. The average molecular weight is 149 g/mol. The standard InChI is InChI=1S/C9H11NO/c1-2-8-7-4-6-11-9(7)3-5-10-8/h3,5H,2,4,6H2,1H3. The van der Waals surface area contributed by atoms with E-state index < -0.39 is 0 Å². The second-order valence-electron chi connectivity index (χ2n) is 2.69. The summed E-state index contributed by atoms with van der Waals surface area (Å²) in [6.45, 7) is 2.95. The Kier molecular flexibility index (Phi) is 1.53. The molecule has 1 aliphatic rings. The second kappa shape index (κ2) is 2.53. The van der Waals surface area contributed by atoms with E-state index in [0.717, 1.165) is 25.2 Å². The predicted molar refractivity (Wildman–Crippen MR) is 42.8 cm³/mol. The van der Waals surface area contributed by atoms with Crippen molar-refractivity contribution in [1.29, 1.82) is 0 Å². The minimum absolute atomic E-state index is 0.827. The highest BCUT2D eigenvalue weighted by atomic mass is 16.5. The van der Waals surface area contributed by atoms with Crippen molar-refractivity contribution < 1.29 is 4.74 Å². The summed E-state index contributed by atoms with van der Waals surface area (Å²) in [6.07, 6.45) is 3.86. The van der Waals surface area contributed by atoms with Crippen LogP contribution in [0.25, 0.3) is 0 Å². The van der Waals surface area contributed by atoms with Gasteiger partial charge in [-0.3, -0.25) is 4.98 Å². The summed E-state index contributed by atoms with van der Waals surface area (Å²) in [7, 11) is 0. The van der Waals surface area contributed by atoms with Crippen LogP contribution in [-0.4, -0.2) is 11.6 Å².